The maximum atomic E-state index is 11.8. The number of ether oxygens (including phenoxy) is 2. The molecule has 0 aliphatic carbocycles. The van der Waals surface area contributed by atoms with Crippen molar-refractivity contribution in [1.82, 2.24) is 9.88 Å². The first kappa shape index (κ1) is 19.6. The SMILES string of the molecule is COc1ccc(OCCCC(=O)NCCCn2ccc(C)cc2=O)cc1. The van der Waals surface area contributed by atoms with E-state index in [4.69, 9.17) is 9.47 Å². The molecule has 6 nitrogen and oxygen atoms in total. The fraction of sp³-hybridized carbons (Fsp3) is 0.400. The maximum absolute atomic E-state index is 11.8. The van der Waals surface area contributed by atoms with Crippen molar-refractivity contribution in [2.75, 3.05) is 20.3 Å². The highest BCUT2D eigenvalue weighted by atomic mass is 16.5. The number of rotatable bonds is 10. The van der Waals surface area contributed by atoms with Gasteiger partial charge in [-0.25, -0.2) is 0 Å². The lowest BCUT2D eigenvalue weighted by molar-refractivity contribution is -0.121. The molecule has 0 saturated carbocycles. The van der Waals surface area contributed by atoms with Crippen LogP contribution in [0.4, 0.5) is 0 Å². The molecule has 1 aromatic heterocycles. The van der Waals surface area contributed by atoms with E-state index in [0.717, 1.165) is 23.5 Å². The molecule has 1 N–H and O–H groups in total. The molecule has 6 heteroatoms. The molecule has 140 valence electrons. The van der Waals surface area contributed by atoms with Crippen molar-refractivity contribution in [3.8, 4) is 11.5 Å². The fourth-order valence-corrected chi connectivity index (χ4v) is 2.45. The Bertz CT molecular complexity index is 753. The molecule has 1 amide bonds. The molecule has 1 heterocycles. The predicted molar refractivity (Wildman–Crippen MR) is 101 cm³/mol. The van der Waals surface area contributed by atoms with Crippen LogP contribution in [0, 0.1) is 6.92 Å². The predicted octanol–water partition coefficient (Wildman–Crippen LogP) is 2.53. The third kappa shape index (κ3) is 6.63. The van der Waals surface area contributed by atoms with Crippen molar-refractivity contribution in [3.63, 3.8) is 0 Å². The number of aryl methyl sites for hydroxylation is 2. The van der Waals surface area contributed by atoms with E-state index in [1.165, 1.54) is 0 Å². The molecular formula is C20H26N2O4. The molecule has 0 aliphatic rings. The summed E-state index contributed by atoms with van der Waals surface area (Å²) in [6.07, 6.45) is 3.57. The first-order valence-electron chi connectivity index (χ1n) is 8.79. The van der Waals surface area contributed by atoms with E-state index in [1.807, 2.05) is 37.3 Å². The van der Waals surface area contributed by atoms with Crippen LogP contribution in [0.3, 0.4) is 0 Å². The Kier molecular flexibility index (Phi) is 7.74. The molecule has 0 spiro atoms. The number of carbonyl (C=O) groups excluding carboxylic acids is 1. The van der Waals surface area contributed by atoms with Crippen LogP contribution in [-0.4, -0.2) is 30.7 Å². The molecule has 0 unspecified atom stereocenters. The summed E-state index contributed by atoms with van der Waals surface area (Å²) in [5.41, 5.74) is 0.948. The van der Waals surface area contributed by atoms with Crippen LogP contribution in [-0.2, 0) is 11.3 Å². The first-order valence-corrected chi connectivity index (χ1v) is 8.79. The fourth-order valence-electron chi connectivity index (χ4n) is 2.45. The van der Waals surface area contributed by atoms with Crippen molar-refractivity contribution in [1.29, 1.82) is 0 Å². The molecule has 26 heavy (non-hydrogen) atoms. The lowest BCUT2D eigenvalue weighted by Gasteiger charge is -2.08. The van der Waals surface area contributed by atoms with E-state index in [1.54, 1.807) is 23.9 Å². The number of nitrogens with one attached hydrogen (secondary N) is 1. The van der Waals surface area contributed by atoms with E-state index in [9.17, 15) is 9.59 Å². The van der Waals surface area contributed by atoms with Crippen molar-refractivity contribution < 1.29 is 14.3 Å². The highest BCUT2D eigenvalue weighted by molar-refractivity contribution is 5.75. The second kappa shape index (κ2) is 10.3. The van der Waals surface area contributed by atoms with Gasteiger partial charge in [-0.2, -0.15) is 0 Å². The Morgan fingerprint density at radius 1 is 1.12 bits per heavy atom. The number of benzene rings is 1. The second-order valence-electron chi connectivity index (χ2n) is 6.07. The summed E-state index contributed by atoms with van der Waals surface area (Å²) < 4.78 is 12.3. The number of methoxy groups -OCH3 is 1. The molecule has 0 saturated heterocycles. The molecule has 0 radical (unpaired) electrons. The third-order valence-electron chi connectivity index (χ3n) is 3.93. The van der Waals surface area contributed by atoms with Crippen LogP contribution < -0.4 is 20.3 Å². The van der Waals surface area contributed by atoms with Crippen LogP contribution in [0.2, 0.25) is 0 Å². The van der Waals surface area contributed by atoms with Gasteiger partial charge in [-0.3, -0.25) is 9.59 Å². The molecule has 2 rings (SSSR count). The third-order valence-corrected chi connectivity index (χ3v) is 3.93. The molecule has 0 fully saturated rings. The smallest absolute Gasteiger partial charge is 0.250 e. The van der Waals surface area contributed by atoms with Crippen LogP contribution in [0.5, 0.6) is 11.5 Å². The van der Waals surface area contributed by atoms with Crippen LogP contribution in [0.25, 0.3) is 0 Å². The molecule has 0 aliphatic heterocycles. The van der Waals surface area contributed by atoms with Gasteiger partial charge in [-0.05, 0) is 55.7 Å². The summed E-state index contributed by atoms with van der Waals surface area (Å²) in [4.78, 5) is 23.6. The minimum absolute atomic E-state index is 0.000385. The van der Waals surface area contributed by atoms with Gasteiger partial charge in [-0.15, -0.1) is 0 Å². The highest BCUT2D eigenvalue weighted by Crippen LogP contribution is 2.17. The number of hydrogen-bond acceptors (Lipinski definition) is 4. The average molecular weight is 358 g/mol. The van der Waals surface area contributed by atoms with Gasteiger partial charge < -0.3 is 19.4 Å². The number of amides is 1. The summed E-state index contributed by atoms with van der Waals surface area (Å²) in [6, 6.07) is 10.9. The van der Waals surface area contributed by atoms with Gasteiger partial charge in [0, 0.05) is 31.8 Å². The van der Waals surface area contributed by atoms with Crippen molar-refractivity contribution in [3.05, 3.63) is 58.5 Å². The van der Waals surface area contributed by atoms with Gasteiger partial charge >= 0.3 is 0 Å². The normalized spacial score (nSPS) is 10.4. The number of hydrogen-bond donors (Lipinski definition) is 1. The van der Waals surface area contributed by atoms with Crippen molar-refractivity contribution in [2.45, 2.75) is 32.7 Å². The Balaban J connectivity index is 1.56. The topological polar surface area (TPSA) is 69.6 Å². The lowest BCUT2D eigenvalue weighted by Crippen LogP contribution is -2.27. The molecule has 0 bridgehead atoms. The van der Waals surface area contributed by atoms with Crippen molar-refractivity contribution in [2.24, 2.45) is 0 Å². The number of nitrogens with zero attached hydrogens (tertiary/aromatic N) is 1. The zero-order valence-corrected chi connectivity index (χ0v) is 15.4. The van der Waals surface area contributed by atoms with E-state index >= 15 is 0 Å². The number of aromatic nitrogens is 1. The van der Waals surface area contributed by atoms with Gasteiger partial charge in [0.05, 0.1) is 13.7 Å². The molecular weight excluding hydrogens is 332 g/mol. The van der Waals surface area contributed by atoms with Crippen molar-refractivity contribution >= 4 is 5.91 Å². The Morgan fingerprint density at radius 2 is 1.85 bits per heavy atom. The Hall–Kier alpha value is -2.76. The maximum Gasteiger partial charge on any atom is 0.250 e. The van der Waals surface area contributed by atoms with Gasteiger partial charge in [0.1, 0.15) is 11.5 Å². The van der Waals surface area contributed by atoms with E-state index < -0.39 is 0 Å². The van der Waals surface area contributed by atoms with E-state index in [0.29, 0.717) is 32.5 Å². The summed E-state index contributed by atoms with van der Waals surface area (Å²) in [6.45, 7) is 3.53. The van der Waals surface area contributed by atoms with Gasteiger partial charge in [0.25, 0.3) is 5.56 Å². The zero-order chi connectivity index (χ0) is 18.8. The Labute approximate surface area is 153 Å². The first-order chi connectivity index (χ1) is 12.6. The summed E-state index contributed by atoms with van der Waals surface area (Å²) in [5, 5.41) is 2.87. The molecule has 1 aromatic carbocycles. The number of pyridine rings is 1. The van der Waals surface area contributed by atoms with Crippen LogP contribution in [0.1, 0.15) is 24.8 Å². The van der Waals surface area contributed by atoms with Crippen LogP contribution >= 0.6 is 0 Å². The van der Waals surface area contributed by atoms with E-state index in [2.05, 4.69) is 5.32 Å². The molecule has 2 aromatic rings. The standard InChI is InChI=1S/C20H26N2O4/c1-16-10-13-22(20(24)15-16)12-4-11-21-19(23)5-3-14-26-18-8-6-17(25-2)7-9-18/h6-10,13,15H,3-5,11-12,14H2,1-2H3,(H,21,23). The van der Waals surface area contributed by atoms with E-state index in [-0.39, 0.29) is 11.5 Å². The molecule has 0 atom stereocenters. The second-order valence-corrected chi connectivity index (χ2v) is 6.07. The summed E-state index contributed by atoms with van der Waals surface area (Å²) in [5.74, 6) is 1.54. The minimum atomic E-state index is -0.00740. The van der Waals surface area contributed by atoms with Gasteiger partial charge in [0.2, 0.25) is 5.91 Å². The summed E-state index contributed by atoms with van der Waals surface area (Å²) >= 11 is 0. The average Bonchev–Trinajstić information content (AvgIpc) is 2.64. The number of carbonyl (C=O) groups is 1. The lowest BCUT2D eigenvalue weighted by atomic mass is 10.3. The monoisotopic (exact) mass is 358 g/mol. The summed E-state index contributed by atoms with van der Waals surface area (Å²) in [7, 11) is 1.62. The quantitative estimate of drug-likeness (QED) is 0.663. The van der Waals surface area contributed by atoms with Crippen LogP contribution in [0.15, 0.2) is 47.4 Å². The van der Waals surface area contributed by atoms with Gasteiger partial charge in [0.15, 0.2) is 0 Å². The largest absolute Gasteiger partial charge is 0.497 e. The van der Waals surface area contributed by atoms with Gasteiger partial charge in [-0.1, -0.05) is 0 Å². The minimum Gasteiger partial charge on any atom is -0.497 e. The highest BCUT2D eigenvalue weighted by Gasteiger charge is 2.02. The zero-order valence-electron chi connectivity index (χ0n) is 15.4. The Morgan fingerprint density at radius 3 is 2.54 bits per heavy atom.